The van der Waals surface area contributed by atoms with Gasteiger partial charge in [-0.1, -0.05) is 6.92 Å². The smallest absolute Gasteiger partial charge is 0.254 e. The van der Waals surface area contributed by atoms with Gasteiger partial charge in [-0.3, -0.25) is 4.79 Å². The largest absolute Gasteiger partial charge is 0.494 e. The van der Waals surface area contributed by atoms with Gasteiger partial charge in [0, 0.05) is 18.2 Å². The van der Waals surface area contributed by atoms with Gasteiger partial charge in [-0.15, -0.1) is 0 Å². The van der Waals surface area contributed by atoms with E-state index in [9.17, 15) is 4.79 Å². The van der Waals surface area contributed by atoms with Crippen LogP contribution in [-0.4, -0.2) is 41.7 Å². The molecule has 0 unspecified atom stereocenters. The van der Waals surface area contributed by atoms with E-state index in [4.69, 9.17) is 9.84 Å². The van der Waals surface area contributed by atoms with Crippen LogP contribution in [0.2, 0.25) is 0 Å². The van der Waals surface area contributed by atoms with Crippen molar-refractivity contribution in [3.8, 4) is 5.75 Å². The van der Waals surface area contributed by atoms with Gasteiger partial charge in [-0.25, -0.2) is 0 Å². The number of aliphatic hydroxyl groups is 1. The molecule has 19 heavy (non-hydrogen) atoms. The zero-order chi connectivity index (χ0) is 13.7. The van der Waals surface area contributed by atoms with Crippen LogP contribution in [0.4, 0.5) is 0 Å². The van der Waals surface area contributed by atoms with Crippen molar-refractivity contribution >= 4 is 5.91 Å². The van der Waals surface area contributed by atoms with Crippen LogP contribution in [0.1, 0.15) is 36.5 Å². The number of aliphatic hydroxyl groups excluding tert-OH is 1. The summed E-state index contributed by atoms with van der Waals surface area (Å²) in [5.41, 5.74) is 0.657. The Bertz CT molecular complexity index is 412. The highest BCUT2D eigenvalue weighted by molar-refractivity contribution is 5.94. The van der Waals surface area contributed by atoms with E-state index in [2.05, 4.69) is 6.92 Å². The minimum Gasteiger partial charge on any atom is -0.494 e. The first-order chi connectivity index (χ1) is 9.26. The van der Waals surface area contributed by atoms with Crippen molar-refractivity contribution in [1.29, 1.82) is 0 Å². The van der Waals surface area contributed by atoms with Crippen molar-refractivity contribution in [3.63, 3.8) is 0 Å². The number of ether oxygens (including phenoxy) is 1. The molecule has 1 aliphatic carbocycles. The average Bonchev–Trinajstić information content (AvgIpc) is 3.27. The molecule has 0 saturated heterocycles. The maximum atomic E-state index is 12.3. The molecule has 0 spiro atoms. The van der Waals surface area contributed by atoms with Crippen molar-refractivity contribution in [1.82, 2.24) is 4.90 Å². The highest BCUT2D eigenvalue weighted by atomic mass is 16.5. The summed E-state index contributed by atoms with van der Waals surface area (Å²) in [5, 5.41) is 9.04. The summed E-state index contributed by atoms with van der Waals surface area (Å²) in [5.74, 6) is 0.789. The number of carbonyl (C=O) groups excluding carboxylic acids is 1. The van der Waals surface area contributed by atoms with Crippen LogP contribution in [0.5, 0.6) is 5.75 Å². The number of carbonyl (C=O) groups is 1. The van der Waals surface area contributed by atoms with Crippen LogP contribution in [-0.2, 0) is 0 Å². The molecule has 2 rings (SSSR count). The zero-order valence-corrected chi connectivity index (χ0v) is 11.3. The summed E-state index contributed by atoms with van der Waals surface area (Å²) in [4.78, 5) is 14.1. The molecule has 104 valence electrons. The number of amides is 1. The molecule has 4 heteroatoms. The van der Waals surface area contributed by atoms with E-state index in [-0.39, 0.29) is 12.5 Å². The first-order valence-corrected chi connectivity index (χ1v) is 6.91. The number of hydrogen-bond acceptors (Lipinski definition) is 3. The normalized spacial score (nSPS) is 14.2. The molecule has 0 radical (unpaired) electrons. The summed E-state index contributed by atoms with van der Waals surface area (Å²) < 4.78 is 5.49. The van der Waals surface area contributed by atoms with Crippen molar-refractivity contribution < 1.29 is 14.6 Å². The van der Waals surface area contributed by atoms with E-state index >= 15 is 0 Å². The summed E-state index contributed by atoms with van der Waals surface area (Å²) in [7, 11) is 0. The standard InChI is InChI=1S/C15H21NO3/c1-2-11-19-14-7-3-12(4-8-14)15(18)16(9-10-17)13-5-6-13/h3-4,7-8,13,17H,2,5-6,9-11H2,1H3. The van der Waals surface area contributed by atoms with Gasteiger partial charge in [-0.05, 0) is 43.5 Å². The molecule has 1 fully saturated rings. The minimum atomic E-state index is -0.00130. The average molecular weight is 263 g/mol. The van der Waals surface area contributed by atoms with Crippen LogP contribution in [0.15, 0.2) is 24.3 Å². The van der Waals surface area contributed by atoms with E-state index in [1.54, 1.807) is 17.0 Å². The first kappa shape index (κ1) is 13.9. The summed E-state index contributed by atoms with van der Waals surface area (Å²) in [6, 6.07) is 7.55. The van der Waals surface area contributed by atoms with E-state index < -0.39 is 0 Å². The molecule has 0 atom stereocenters. The van der Waals surface area contributed by atoms with Crippen LogP contribution in [0.25, 0.3) is 0 Å². The van der Waals surface area contributed by atoms with Crippen LogP contribution < -0.4 is 4.74 Å². The zero-order valence-electron chi connectivity index (χ0n) is 11.3. The SMILES string of the molecule is CCCOc1ccc(C(=O)N(CCO)C2CC2)cc1. The molecule has 4 nitrogen and oxygen atoms in total. The van der Waals surface area contributed by atoms with Gasteiger partial charge >= 0.3 is 0 Å². The number of hydrogen-bond donors (Lipinski definition) is 1. The lowest BCUT2D eigenvalue weighted by Crippen LogP contribution is -2.35. The van der Waals surface area contributed by atoms with Crippen molar-refractivity contribution in [2.75, 3.05) is 19.8 Å². The minimum absolute atomic E-state index is 0.00130. The maximum absolute atomic E-state index is 12.3. The van der Waals surface area contributed by atoms with Crippen molar-refractivity contribution in [3.05, 3.63) is 29.8 Å². The maximum Gasteiger partial charge on any atom is 0.254 e. The molecule has 1 amide bonds. The fraction of sp³-hybridized carbons (Fsp3) is 0.533. The lowest BCUT2D eigenvalue weighted by atomic mass is 10.2. The van der Waals surface area contributed by atoms with Gasteiger partial charge in [0.2, 0.25) is 0 Å². The van der Waals surface area contributed by atoms with E-state index in [1.807, 2.05) is 12.1 Å². The Morgan fingerprint density at radius 1 is 1.37 bits per heavy atom. The molecule has 0 aromatic heterocycles. The monoisotopic (exact) mass is 263 g/mol. The van der Waals surface area contributed by atoms with Crippen molar-refractivity contribution in [2.45, 2.75) is 32.2 Å². The Balaban J connectivity index is 2.01. The van der Waals surface area contributed by atoms with E-state index in [0.29, 0.717) is 24.8 Å². The molecule has 0 aliphatic heterocycles. The van der Waals surface area contributed by atoms with Gasteiger partial charge in [-0.2, -0.15) is 0 Å². The number of benzene rings is 1. The summed E-state index contributed by atoms with van der Waals surface area (Å²) >= 11 is 0. The third-order valence-corrected chi connectivity index (χ3v) is 3.16. The van der Waals surface area contributed by atoms with E-state index in [0.717, 1.165) is 25.0 Å². The molecule has 0 bridgehead atoms. The molecule has 0 heterocycles. The molecular weight excluding hydrogens is 242 g/mol. The lowest BCUT2D eigenvalue weighted by molar-refractivity contribution is 0.0707. The highest BCUT2D eigenvalue weighted by Crippen LogP contribution is 2.28. The molecule has 1 aromatic carbocycles. The van der Waals surface area contributed by atoms with Crippen LogP contribution in [0, 0.1) is 0 Å². The quantitative estimate of drug-likeness (QED) is 0.819. The Morgan fingerprint density at radius 2 is 2.05 bits per heavy atom. The summed E-state index contributed by atoms with van der Waals surface area (Å²) in [6.07, 6.45) is 3.06. The predicted octanol–water partition coefficient (Wildman–Crippen LogP) is 2.07. The first-order valence-electron chi connectivity index (χ1n) is 6.91. The Labute approximate surface area is 114 Å². The molecule has 1 saturated carbocycles. The second-order valence-electron chi connectivity index (χ2n) is 4.83. The molecular formula is C15H21NO3. The second kappa shape index (κ2) is 6.57. The number of nitrogens with zero attached hydrogens (tertiary/aromatic N) is 1. The molecule has 1 aromatic rings. The molecule has 1 aliphatic rings. The van der Waals surface area contributed by atoms with Crippen molar-refractivity contribution in [2.24, 2.45) is 0 Å². The van der Waals surface area contributed by atoms with Gasteiger partial charge in [0.05, 0.1) is 13.2 Å². The topological polar surface area (TPSA) is 49.8 Å². The summed E-state index contributed by atoms with van der Waals surface area (Å²) in [6.45, 7) is 3.17. The van der Waals surface area contributed by atoms with Crippen LogP contribution >= 0.6 is 0 Å². The van der Waals surface area contributed by atoms with E-state index in [1.165, 1.54) is 0 Å². The number of rotatable bonds is 7. The Kier molecular flexibility index (Phi) is 4.80. The highest BCUT2D eigenvalue weighted by Gasteiger charge is 2.32. The second-order valence-corrected chi connectivity index (χ2v) is 4.83. The van der Waals surface area contributed by atoms with Gasteiger partial charge in [0.1, 0.15) is 5.75 Å². The van der Waals surface area contributed by atoms with Crippen LogP contribution in [0.3, 0.4) is 0 Å². The Morgan fingerprint density at radius 3 is 2.58 bits per heavy atom. The third kappa shape index (κ3) is 3.70. The third-order valence-electron chi connectivity index (χ3n) is 3.16. The predicted molar refractivity (Wildman–Crippen MR) is 73.4 cm³/mol. The van der Waals surface area contributed by atoms with Gasteiger partial charge in [0.25, 0.3) is 5.91 Å². The Hall–Kier alpha value is -1.55. The lowest BCUT2D eigenvalue weighted by Gasteiger charge is -2.21. The fourth-order valence-corrected chi connectivity index (χ4v) is 2.02. The molecule has 1 N–H and O–H groups in total. The van der Waals surface area contributed by atoms with Gasteiger partial charge < -0.3 is 14.7 Å². The fourth-order valence-electron chi connectivity index (χ4n) is 2.02. The van der Waals surface area contributed by atoms with Gasteiger partial charge in [0.15, 0.2) is 0 Å².